The van der Waals surface area contributed by atoms with Gasteiger partial charge in [-0.2, -0.15) is 45.3 Å². The highest BCUT2D eigenvalue weighted by Crippen LogP contribution is 2.55. The monoisotopic (exact) mass is 1040 g/mol. The predicted octanol–water partition coefficient (Wildman–Crippen LogP) is 9.18. The Hall–Kier alpha value is -5.41. The van der Waals surface area contributed by atoms with Gasteiger partial charge in [0.15, 0.2) is 21.3 Å². The van der Waals surface area contributed by atoms with E-state index in [0.717, 1.165) is 38.5 Å². The molecule has 3 atom stereocenters. The topological polar surface area (TPSA) is 158 Å². The van der Waals surface area contributed by atoms with E-state index in [1.54, 1.807) is 0 Å². The molecular weight excluding hydrogens is 996 g/mol. The summed E-state index contributed by atoms with van der Waals surface area (Å²) in [6.07, 6.45) is -7.93. The molecule has 25 heteroatoms. The van der Waals surface area contributed by atoms with Crippen LogP contribution in [-0.2, 0) is 69.1 Å². The van der Waals surface area contributed by atoms with Crippen molar-refractivity contribution in [2.45, 2.75) is 108 Å². The van der Waals surface area contributed by atoms with E-state index in [4.69, 9.17) is 16.6 Å². The number of nitrogens with one attached hydrogen (secondary N) is 2. The Kier molecular flexibility index (Phi) is 13.2. The SMILES string of the molecule is C[C@@H]1c2c(C(F)(F)F)nn(CC(=O)N[C@@H](Cc3cc(F)cc(F)c3)c3nc(C#CC(C)(C)S(C)(=O)=O)c4c(c3-c3ccc(Cl)c5c(NS(C)(=O)=O)nn(CC(F)(F)F)c35)CCCC4)c2C(F)(F)[C@@H]1C. The lowest BCUT2D eigenvalue weighted by Gasteiger charge is -2.28. The summed E-state index contributed by atoms with van der Waals surface area (Å²) >= 11 is 6.61. The van der Waals surface area contributed by atoms with Crippen molar-refractivity contribution in [2.24, 2.45) is 5.92 Å². The number of carbonyl (C=O) groups excluding carboxylic acids is 1. The molecule has 69 heavy (non-hydrogen) atoms. The molecule has 0 spiro atoms. The fraction of sp³-hybridized carbons (Fsp3) is 0.455. The van der Waals surface area contributed by atoms with Crippen molar-refractivity contribution in [3.05, 3.63) is 92.0 Å². The Labute approximate surface area is 394 Å². The van der Waals surface area contributed by atoms with Gasteiger partial charge in [0.2, 0.25) is 15.9 Å². The number of halogens is 11. The van der Waals surface area contributed by atoms with Crippen molar-refractivity contribution in [3.63, 3.8) is 0 Å². The number of carbonyl (C=O) groups is 1. The summed E-state index contributed by atoms with van der Waals surface area (Å²) < 4.78 is 199. The molecule has 0 aliphatic heterocycles. The van der Waals surface area contributed by atoms with Crippen LogP contribution in [0.4, 0.5) is 49.7 Å². The van der Waals surface area contributed by atoms with E-state index >= 15 is 8.78 Å². The van der Waals surface area contributed by atoms with Crippen LogP contribution in [0.5, 0.6) is 0 Å². The molecule has 0 saturated heterocycles. The van der Waals surface area contributed by atoms with Crippen LogP contribution < -0.4 is 10.0 Å². The average molecular weight is 1040 g/mol. The van der Waals surface area contributed by atoms with Crippen molar-refractivity contribution < 1.29 is 65.5 Å². The molecule has 3 heterocycles. The second-order valence-corrected chi connectivity index (χ2v) is 22.5. The van der Waals surface area contributed by atoms with Crippen LogP contribution in [0.15, 0.2) is 30.3 Å². The smallest absolute Gasteiger partial charge is 0.346 e. The van der Waals surface area contributed by atoms with Crippen molar-refractivity contribution in [3.8, 4) is 23.0 Å². The number of benzene rings is 2. The highest BCUT2D eigenvalue weighted by atomic mass is 35.5. The van der Waals surface area contributed by atoms with Crippen molar-refractivity contribution in [2.75, 3.05) is 17.2 Å². The zero-order valence-electron chi connectivity index (χ0n) is 37.3. The minimum atomic E-state index is -5.23. The first-order valence-corrected chi connectivity index (χ1v) is 25.2. The maximum absolute atomic E-state index is 15.8. The molecular formula is C44H42ClF10N7O5S2. The van der Waals surface area contributed by atoms with E-state index in [9.17, 15) is 56.8 Å². The average Bonchev–Trinajstić information content (AvgIpc) is 3.81. The van der Waals surface area contributed by atoms with Crippen LogP contribution in [0.3, 0.4) is 0 Å². The van der Waals surface area contributed by atoms with Gasteiger partial charge in [0, 0.05) is 34.9 Å². The number of nitrogens with zero attached hydrogens (tertiary/aromatic N) is 5. The third-order valence-electron chi connectivity index (χ3n) is 12.3. The lowest BCUT2D eigenvalue weighted by atomic mass is 9.82. The van der Waals surface area contributed by atoms with Gasteiger partial charge < -0.3 is 5.32 Å². The number of aromatic nitrogens is 5. The van der Waals surface area contributed by atoms with Crippen LogP contribution in [0, 0.1) is 29.4 Å². The number of rotatable bonds is 11. The second-order valence-electron chi connectivity index (χ2n) is 17.8. The Morgan fingerprint density at radius 3 is 2.14 bits per heavy atom. The van der Waals surface area contributed by atoms with Gasteiger partial charge in [-0.1, -0.05) is 37.4 Å². The molecule has 0 unspecified atom stereocenters. The van der Waals surface area contributed by atoms with Gasteiger partial charge in [-0.3, -0.25) is 18.9 Å². The number of alkyl halides is 8. The number of hydrogen-bond donors (Lipinski definition) is 2. The lowest BCUT2D eigenvalue weighted by molar-refractivity contribution is -0.143. The van der Waals surface area contributed by atoms with E-state index in [-0.39, 0.29) is 56.0 Å². The summed E-state index contributed by atoms with van der Waals surface area (Å²) in [7, 11) is -8.11. The number of amides is 1. The van der Waals surface area contributed by atoms with E-state index < -0.39 is 126 Å². The molecule has 2 N–H and O–H groups in total. The van der Waals surface area contributed by atoms with E-state index in [0.29, 0.717) is 34.7 Å². The summed E-state index contributed by atoms with van der Waals surface area (Å²) in [6.45, 7) is 1.74. The minimum Gasteiger partial charge on any atom is -0.346 e. The number of sulfonamides is 1. The fourth-order valence-electron chi connectivity index (χ4n) is 8.73. The standard InChI is InChI=1S/C44H42ClF10N7O5S2/c1-21-22(2)43(51,52)39-33(21)38(44(53,54)55)58-61(39)19-32(63)56-31(17-23-15-24(46)18-25(47)16-23)36-34(27-10-8-7-9-26(27)30(57-36)13-14-41(3,4)68(5,64)65)28-11-12-29(45)35-37(28)62(20-42(48,49)50)59-40(35)60-69(6,66)67/h11-12,15-16,18,21-22,31H,7-10,17,19-20H2,1-6H3,(H,56,63)(H,59,60)/t21-,22+,31-/m0/s1. The summed E-state index contributed by atoms with van der Waals surface area (Å²) in [6, 6.07) is 3.07. The van der Waals surface area contributed by atoms with E-state index in [1.807, 2.05) is 0 Å². The van der Waals surface area contributed by atoms with Gasteiger partial charge in [-0.25, -0.2) is 30.6 Å². The van der Waals surface area contributed by atoms with Crippen molar-refractivity contribution in [1.82, 2.24) is 29.9 Å². The van der Waals surface area contributed by atoms with Crippen molar-refractivity contribution >= 4 is 54.1 Å². The van der Waals surface area contributed by atoms with Crippen LogP contribution in [0.1, 0.15) is 97.5 Å². The molecule has 1 amide bonds. The molecule has 7 rings (SSSR count). The molecule has 12 nitrogen and oxygen atoms in total. The van der Waals surface area contributed by atoms with Gasteiger partial charge in [0.1, 0.15) is 40.9 Å². The lowest BCUT2D eigenvalue weighted by Crippen LogP contribution is -2.36. The molecule has 5 aromatic rings. The largest absolute Gasteiger partial charge is 0.435 e. The summed E-state index contributed by atoms with van der Waals surface area (Å²) in [5.41, 5.74) is -4.04. The zero-order chi connectivity index (χ0) is 51.1. The second kappa shape index (κ2) is 17.8. The van der Waals surface area contributed by atoms with Gasteiger partial charge in [-0.15, -0.1) is 0 Å². The Morgan fingerprint density at radius 1 is 0.942 bits per heavy atom. The first-order valence-electron chi connectivity index (χ1n) is 21.0. The molecule has 2 aromatic carbocycles. The molecule has 2 aliphatic rings. The summed E-state index contributed by atoms with van der Waals surface area (Å²) in [4.78, 5) is 19.2. The number of hydrogen-bond acceptors (Lipinski definition) is 8. The molecule has 2 aliphatic carbocycles. The molecule has 3 aromatic heterocycles. The normalized spacial score (nSPS) is 17.8. The highest BCUT2D eigenvalue weighted by molar-refractivity contribution is 7.92. The summed E-state index contributed by atoms with van der Waals surface area (Å²) in [5.74, 6) is -5.49. The zero-order valence-corrected chi connectivity index (χ0v) is 39.7. The number of pyridine rings is 1. The molecule has 0 radical (unpaired) electrons. The first-order chi connectivity index (χ1) is 31.7. The van der Waals surface area contributed by atoms with Gasteiger partial charge in [0.25, 0.3) is 5.92 Å². The van der Waals surface area contributed by atoms with E-state index in [2.05, 4.69) is 32.1 Å². The van der Waals surface area contributed by atoms with E-state index in [1.165, 1.54) is 26.0 Å². The summed E-state index contributed by atoms with van der Waals surface area (Å²) in [5, 5.41) is 9.35. The molecule has 0 fully saturated rings. The third kappa shape index (κ3) is 10.3. The third-order valence-corrected chi connectivity index (χ3v) is 15.2. The molecule has 0 saturated carbocycles. The first kappa shape index (κ1) is 51.4. The van der Waals surface area contributed by atoms with Crippen LogP contribution in [0.25, 0.3) is 22.0 Å². The van der Waals surface area contributed by atoms with Gasteiger partial charge in [0.05, 0.1) is 33.9 Å². The quantitative estimate of drug-likeness (QED) is 0.0980. The molecule has 0 bridgehead atoms. The van der Waals surface area contributed by atoms with Crippen LogP contribution >= 0.6 is 11.6 Å². The Balaban J connectivity index is 1.55. The maximum Gasteiger partial charge on any atom is 0.435 e. The number of sulfone groups is 1. The maximum atomic E-state index is 15.8. The van der Waals surface area contributed by atoms with Gasteiger partial charge in [-0.05, 0) is 92.7 Å². The number of fused-ring (bicyclic) bond motifs is 3. The van der Waals surface area contributed by atoms with Crippen molar-refractivity contribution in [1.29, 1.82) is 0 Å². The minimum absolute atomic E-state index is 0.0378. The Morgan fingerprint density at radius 2 is 1.57 bits per heavy atom. The van der Waals surface area contributed by atoms with Crippen LogP contribution in [-0.4, -0.2) is 70.7 Å². The molecule has 372 valence electrons. The predicted molar refractivity (Wildman–Crippen MR) is 235 cm³/mol. The van der Waals surface area contributed by atoms with Crippen LogP contribution in [0.2, 0.25) is 5.02 Å². The van der Waals surface area contributed by atoms with Gasteiger partial charge >= 0.3 is 12.4 Å². The fourth-order valence-corrected chi connectivity index (χ4v) is 9.70. The highest BCUT2D eigenvalue weighted by Gasteiger charge is 2.57. The number of anilines is 1. The Bertz CT molecular complexity index is 3190.